The molecule has 0 aliphatic heterocycles. The fourth-order valence-corrected chi connectivity index (χ4v) is 2.87. The van der Waals surface area contributed by atoms with Crippen molar-refractivity contribution in [1.29, 1.82) is 0 Å². The zero-order valence-corrected chi connectivity index (χ0v) is 13.9. The van der Waals surface area contributed by atoms with Crippen LogP contribution in [0.25, 0.3) is 21.5 Å². The molecule has 3 aromatic carbocycles. The predicted octanol–water partition coefficient (Wildman–Crippen LogP) is 4.41. The molecule has 0 aliphatic carbocycles. The molecule has 3 aromatic rings. The van der Waals surface area contributed by atoms with Gasteiger partial charge in [-0.3, -0.25) is 9.59 Å². The summed E-state index contributed by atoms with van der Waals surface area (Å²) >= 11 is 0. The summed E-state index contributed by atoms with van der Waals surface area (Å²) in [5.74, 6) is 0.218. The molecular weight excluding hydrogens is 304 g/mol. The van der Waals surface area contributed by atoms with Crippen molar-refractivity contribution in [2.45, 2.75) is 27.2 Å². The van der Waals surface area contributed by atoms with Crippen LogP contribution in [0.3, 0.4) is 0 Å². The molecule has 0 aliphatic rings. The lowest BCUT2D eigenvalue weighted by molar-refractivity contribution is -0.132. The summed E-state index contributed by atoms with van der Waals surface area (Å²) in [6.07, 6.45) is 0.852. The highest BCUT2D eigenvalue weighted by Crippen LogP contribution is 2.43. The molecule has 0 aromatic heterocycles. The third-order valence-corrected chi connectivity index (χ3v) is 3.89. The molecule has 0 fully saturated rings. The number of carbonyl (C=O) groups excluding carboxylic acids is 2. The van der Waals surface area contributed by atoms with E-state index in [4.69, 9.17) is 9.47 Å². The van der Waals surface area contributed by atoms with Crippen molar-refractivity contribution in [3.05, 3.63) is 48.0 Å². The Labute approximate surface area is 140 Å². The van der Waals surface area contributed by atoms with Gasteiger partial charge in [-0.15, -0.1) is 0 Å². The van der Waals surface area contributed by atoms with Gasteiger partial charge in [0.25, 0.3) is 0 Å². The van der Waals surface area contributed by atoms with Crippen LogP contribution in [0.1, 0.15) is 26.3 Å². The minimum atomic E-state index is -0.388. The molecule has 0 saturated carbocycles. The third-order valence-electron chi connectivity index (χ3n) is 3.89. The Morgan fingerprint density at radius 1 is 0.792 bits per heavy atom. The van der Waals surface area contributed by atoms with E-state index >= 15 is 0 Å². The monoisotopic (exact) mass is 322 g/mol. The number of esters is 2. The molecule has 3 rings (SSSR count). The molecule has 0 atom stereocenters. The number of hydrogen-bond donors (Lipinski definition) is 0. The molecule has 122 valence electrons. The number of ether oxygens (including phenoxy) is 2. The van der Waals surface area contributed by atoms with Crippen LogP contribution in [0.15, 0.2) is 42.5 Å². The number of carbonyl (C=O) groups is 2. The number of hydrogen-bond acceptors (Lipinski definition) is 4. The molecule has 4 heteroatoms. The summed E-state index contributed by atoms with van der Waals surface area (Å²) in [5, 5.41) is 2.99. The van der Waals surface area contributed by atoms with Crippen LogP contribution in [-0.2, 0) is 16.0 Å². The summed E-state index contributed by atoms with van der Waals surface area (Å²) < 4.78 is 11.0. The van der Waals surface area contributed by atoms with Crippen LogP contribution >= 0.6 is 0 Å². The molecule has 0 radical (unpaired) electrons. The molecule has 0 saturated heterocycles. The summed E-state index contributed by atoms with van der Waals surface area (Å²) in [5.41, 5.74) is 1.11. The van der Waals surface area contributed by atoms with Crippen molar-refractivity contribution in [1.82, 2.24) is 0 Å². The van der Waals surface area contributed by atoms with E-state index in [1.807, 2.05) is 42.5 Å². The summed E-state index contributed by atoms with van der Waals surface area (Å²) in [6.45, 7) is 4.81. The van der Waals surface area contributed by atoms with Crippen molar-refractivity contribution >= 4 is 33.5 Å². The van der Waals surface area contributed by atoms with Gasteiger partial charge in [0.2, 0.25) is 0 Å². The number of benzene rings is 3. The van der Waals surface area contributed by atoms with Gasteiger partial charge in [-0.05, 0) is 18.1 Å². The average Bonchev–Trinajstić information content (AvgIpc) is 2.56. The van der Waals surface area contributed by atoms with Gasteiger partial charge in [0.15, 0.2) is 0 Å². The highest BCUT2D eigenvalue weighted by atomic mass is 16.5. The molecule has 0 spiro atoms. The Kier molecular flexibility index (Phi) is 4.21. The van der Waals surface area contributed by atoms with Gasteiger partial charge in [-0.2, -0.15) is 0 Å². The average molecular weight is 322 g/mol. The van der Waals surface area contributed by atoms with Gasteiger partial charge < -0.3 is 9.47 Å². The summed E-state index contributed by atoms with van der Waals surface area (Å²) in [4.78, 5) is 23.2. The van der Waals surface area contributed by atoms with Crippen LogP contribution in [-0.4, -0.2) is 11.9 Å². The second-order valence-electron chi connectivity index (χ2n) is 5.62. The smallest absolute Gasteiger partial charge is 0.308 e. The van der Waals surface area contributed by atoms with Crippen LogP contribution in [0.2, 0.25) is 0 Å². The lowest BCUT2D eigenvalue weighted by atomic mass is 9.98. The fraction of sp³-hybridized carbons (Fsp3) is 0.200. The quantitative estimate of drug-likeness (QED) is 0.407. The Morgan fingerprint density at radius 3 is 1.79 bits per heavy atom. The van der Waals surface area contributed by atoms with Crippen LogP contribution < -0.4 is 9.47 Å². The van der Waals surface area contributed by atoms with Gasteiger partial charge in [0.1, 0.15) is 11.5 Å². The SMILES string of the molecule is CCc1ccc2c(OC(C)=O)c3ccccc3c(OC(C)=O)c2c1. The van der Waals surface area contributed by atoms with E-state index in [1.165, 1.54) is 13.8 Å². The van der Waals surface area contributed by atoms with Crippen molar-refractivity contribution < 1.29 is 19.1 Å². The minimum absolute atomic E-state index is 0.386. The molecule has 0 unspecified atom stereocenters. The van der Waals surface area contributed by atoms with Gasteiger partial charge in [-0.25, -0.2) is 0 Å². The lowest BCUT2D eigenvalue weighted by Crippen LogP contribution is -2.06. The Bertz CT molecular complexity index is 957. The maximum Gasteiger partial charge on any atom is 0.308 e. The lowest BCUT2D eigenvalue weighted by Gasteiger charge is -2.16. The first-order valence-corrected chi connectivity index (χ1v) is 7.85. The van der Waals surface area contributed by atoms with E-state index in [0.29, 0.717) is 11.5 Å². The van der Waals surface area contributed by atoms with E-state index in [9.17, 15) is 9.59 Å². The Hall–Kier alpha value is -2.88. The van der Waals surface area contributed by atoms with Crippen molar-refractivity contribution in [3.63, 3.8) is 0 Å². The highest BCUT2D eigenvalue weighted by Gasteiger charge is 2.18. The number of rotatable bonds is 3. The fourth-order valence-electron chi connectivity index (χ4n) is 2.87. The molecule has 0 N–H and O–H groups in total. The van der Waals surface area contributed by atoms with E-state index in [2.05, 4.69) is 6.92 Å². The molecule has 24 heavy (non-hydrogen) atoms. The summed E-state index contributed by atoms with van der Waals surface area (Å²) in [6, 6.07) is 13.3. The van der Waals surface area contributed by atoms with Crippen LogP contribution in [0.5, 0.6) is 11.5 Å². The zero-order chi connectivity index (χ0) is 17.3. The van der Waals surface area contributed by atoms with E-state index in [1.54, 1.807) is 0 Å². The maximum atomic E-state index is 11.6. The first kappa shape index (κ1) is 16.0. The Morgan fingerprint density at radius 2 is 1.29 bits per heavy atom. The van der Waals surface area contributed by atoms with Crippen molar-refractivity contribution in [2.24, 2.45) is 0 Å². The van der Waals surface area contributed by atoms with Crippen LogP contribution in [0, 0.1) is 0 Å². The first-order valence-electron chi connectivity index (χ1n) is 7.85. The Balaban J connectivity index is 2.48. The van der Waals surface area contributed by atoms with Gasteiger partial charge in [0, 0.05) is 35.4 Å². The standard InChI is InChI=1S/C20H18O4/c1-4-14-9-10-17-18(11-14)20(24-13(3)22)16-8-6-5-7-15(16)19(17)23-12(2)21/h5-11H,4H2,1-3H3. The first-order chi connectivity index (χ1) is 11.5. The van der Waals surface area contributed by atoms with Crippen molar-refractivity contribution in [3.8, 4) is 11.5 Å². The van der Waals surface area contributed by atoms with Crippen molar-refractivity contribution in [2.75, 3.05) is 0 Å². The van der Waals surface area contributed by atoms with Crippen LogP contribution in [0.4, 0.5) is 0 Å². The van der Waals surface area contributed by atoms with Gasteiger partial charge in [-0.1, -0.05) is 43.3 Å². The molecular formula is C20H18O4. The second kappa shape index (κ2) is 6.32. The minimum Gasteiger partial charge on any atom is -0.425 e. The highest BCUT2D eigenvalue weighted by molar-refractivity contribution is 6.12. The second-order valence-corrected chi connectivity index (χ2v) is 5.62. The van der Waals surface area contributed by atoms with E-state index in [0.717, 1.165) is 33.5 Å². The largest absolute Gasteiger partial charge is 0.425 e. The number of aryl methyl sites for hydroxylation is 1. The van der Waals surface area contributed by atoms with Gasteiger partial charge >= 0.3 is 11.9 Å². The predicted molar refractivity (Wildman–Crippen MR) is 93.5 cm³/mol. The topological polar surface area (TPSA) is 52.6 Å². The number of fused-ring (bicyclic) bond motifs is 2. The molecule has 4 nitrogen and oxygen atoms in total. The molecule has 0 heterocycles. The van der Waals surface area contributed by atoms with E-state index in [-0.39, 0.29) is 11.9 Å². The van der Waals surface area contributed by atoms with Gasteiger partial charge in [0.05, 0.1) is 0 Å². The normalized spacial score (nSPS) is 10.8. The summed E-state index contributed by atoms with van der Waals surface area (Å²) in [7, 11) is 0. The third kappa shape index (κ3) is 2.83. The zero-order valence-electron chi connectivity index (χ0n) is 13.9. The molecule has 0 amide bonds. The molecule has 0 bridgehead atoms. The van der Waals surface area contributed by atoms with E-state index < -0.39 is 0 Å². The maximum absolute atomic E-state index is 11.6.